The molecule has 0 heterocycles. The minimum Gasteiger partial charge on any atom is -0.383 e. The van der Waals surface area contributed by atoms with E-state index in [2.05, 4.69) is 5.32 Å². The van der Waals surface area contributed by atoms with Gasteiger partial charge in [-0.1, -0.05) is 18.2 Å². The molecule has 0 bridgehead atoms. The Bertz CT molecular complexity index is 941. The number of carbonyl (C=O) groups excluding carboxylic acids is 1. The highest BCUT2D eigenvalue weighted by molar-refractivity contribution is 7.90. The maximum atomic E-state index is 13.7. The van der Waals surface area contributed by atoms with Gasteiger partial charge in [0.15, 0.2) is 21.5 Å². The molecule has 6 nitrogen and oxygen atoms in total. The quantitative estimate of drug-likeness (QED) is 0.694. The molecule has 0 aliphatic rings. The van der Waals surface area contributed by atoms with Gasteiger partial charge < -0.3 is 15.8 Å². The summed E-state index contributed by atoms with van der Waals surface area (Å²) in [5.41, 5.74) is 6.33. The predicted molar refractivity (Wildman–Crippen MR) is 103 cm³/mol. The van der Waals surface area contributed by atoms with E-state index >= 15 is 0 Å². The fourth-order valence-electron chi connectivity index (χ4n) is 2.48. The lowest BCUT2D eigenvalue weighted by Crippen LogP contribution is -2.45. The second-order valence-corrected chi connectivity index (χ2v) is 8.04. The van der Waals surface area contributed by atoms with Crippen molar-refractivity contribution in [1.82, 2.24) is 5.32 Å². The molecule has 2 aromatic rings. The van der Waals surface area contributed by atoms with Crippen LogP contribution in [0.4, 0.5) is 8.78 Å². The highest BCUT2D eigenvalue weighted by Crippen LogP contribution is 2.26. The molecule has 2 atom stereocenters. The number of hydrogen-bond donors (Lipinski definition) is 2. The number of carbonyl (C=O) groups is 1. The van der Waals surface area contributed by atoms with E-state index in [1.807, 2.05) is 0 Å². The molecule has 3 N–H and O–H groups in total. The molecule has 10 heteroatoms. The summed E-state index contributed by atoms with van der Waals surface area (Å²) in [6, 6.07) is 7.09. The maximum absolute atomic E-state index is 13.7. The van der Waals surface area contributed by atoms with E-state index in [1.165, 1.54) is 31.4 Å². The van der Waals surface area contributed by atoms with Crippen LogP contribution >= 0.6 is 12.4 Å². The van der Waals surface area contributed by atoms with Crippen LogP contribution in [0.3, 0.4) is 0 Å². The lowest BCUT2D eigenvalue weighted by atomic mass is 9.98. The zero-order valence-corrected chi connectivity index (χ0v) is 16.8. The third kappa shape index (κ3) is 5.96. The van der Waals surface area contributed by atoms with E-state index in [1.54, 1.807) is 6.07 Å². The van der Waals surface area contributed by atoms with Crippen molar-refractivity contribution in [3.63, 3.8) is 0 Å². The van der Waals surface area contributed by atoms with Crippen LogP contribution in [0, 0.1) is 11.6 Å². The first-order valence-corrected chi connectivity index (χ1v) is 9.82. The molecule has 0 spiro atoms. The molecule has 1 amide bonds. The summed E-state index contributed by atoms with van der Waals surface area (Å²) in [5, 5.41) is 2.63. The van der Waals surface area contributed by atoms with Crippen molar-refractivity contribution in [2.45, 2.75) is 17.0 Å². The van der Waals surface area contributed by atoms with Crippen molar-refractivity contribution in [3.05, 3.63) is 65.2 Å². The van der Waals surface area contributed by atoms with E-state index in [-0.39, 0.29) is 29.5 Å². The standard InChI is InChI=1S/C18H20F2N2O4S.ClH/c1-26-10-16(21)18(23)22-17(12-6-7-14(19)15(20)9-12)11-4-3-5-13(8-11)27(2,24)25;/h3-9,16-17H,10,21H2,1-2H3,(H,22,23);1H. The molecule has 0 saturated heterocycles. The van der Waals surface area contributed by atoms with Gasteiger partial charge in [0.1, 0.15) is 6.04 Å². The number of nitrogens with two attached hydrogens (primary N) is 1. The number of benzene rings is 2. The van der Waals surface area contributed by atoms with Crippen LogP contribution in [0.2, 0.25) is 0 Å². The van der Waals surface area contributed by atoms with Crippen LogP contribution in [0.5, 0.6) is 0 Å². The highest BCUT2D eigenvalue weighted by atomic mass is 35.5. The summed E-state index contributed by atoms with van der Waals surface area (Å²) < 4.78 is 55.5. The third-order valence-corrected chi connectivity index (χ3v) is 4.98. The normalized spacial score (nSPS) is 13.3. The minimum atomic E-state index is -3.50. The molecule has 0 aromatic heterocycles. The van der Waals surface area contributed by atoms with Gasteiger partial charge in [-0.05, 0) is 35.4 Å². The molecule has 154 valence electrons. The Balaban J connectivity index is 0.00000392. The van der Waals surface area contributed by atoms with Crippen molar-refractivity contribution in [1.29, 1.82) is 0 Å². The van der Waals surface area contributed by atoms with Crippen LogP contribution < -0.4 is 11.1 Å². The van der Waals surface area contributed by atoms with E-state index < -0.39 is 39.5 Å². The molecule has 2 aromatic carbocycles. The van der Waals surface area contributed by atoms with Crippen LogP contribution in [-0.2, 0) is 19.4 Å². The van der Waals surface area contributed by atoms with Crippen molar-refractivity contribution in [3.8, 4) is 0 Å². The third-order valence-electron chi connectivity index (χ3n) is 3.87. The van der Waals surface area contributed by atoms with Gasteiger partial charge in [0, 0.05) is 13.4 Å². The fourth-order valence-corrected chi connectivity index (χ4v) is 3.16. The molecule has 0 fully saturated rings. The molecule has 0 aliphatic heterocycles. The number of ether oxygens (including phenoxy) is 1. The monoisotopic (exact) mass is 434 g/mol. The second kappa shape index (κ2) is 9.92. The molecule has 0 radical (unpaired) electrons. The Morgan fingerprint density at radius 1 is 1.14 bits per heavy atom. The summed E-state index contributed by atoms with van der Waals surface area (Å²) in [4.78, 5) is 12.4. The lowest BCUT2D eigenvalue weighted by molar-refractivity contribution is -0.123. The molecule has 28 heavy (non-hydrogen) atoms. The van der Waals surface area contributed by atoms with Crippen LogP contribution in [0.25, 0.3) is 0 Å². The summed E-state index contributed by atoms with van der Waals surface area (Å²) in [7, 11) is -2.12. The van der Waals surface area contributed by atoms with E-state index in [4.69, 9.17) is 10.5 Å². The Labute approximate surface area is 168 Å². The molecule has 2 rings (SSSR count). The maximum Gasteiger partial charge on any atom is 0.240 e. The van der Waals surface area contributed by atoms with Gasteiger partial charge in [-0.2, -0.15) is 0 Å². The fraction of sp³-hybridized carbons (Fsp3) is 0.278. The van der Waals surface area contributed by atoms with Crippen molar-refractivity contribution in [2.24, 2.45) is 5.73 Å². The van der Waals surface area contributed by atoms with Gasteiger partial charge in [0.2, 0.25) is 5.91 Å². The van der Waals surface area contributed by atoms with Crippen molar-refractivity contribution in [2.75, 3.05) is 20.0 Å². The van der Waals surface area contributed by atoms with Gasteiger partial charge >= 0.3 is 0 Å². The first-order valence-electron chi connectivity index (χ1n) is 7.93. The van der Waals surface area contributed by atoms with Gasteiger partial charge in [-0.15, -0.1) is 12.4 Å². The van der Waals surface area contributed by atoms with Gasteiger partial charge in [0.05, 0.1) is 17.5 Å². The minimum absolute atomic E-state index is 0. The van der Waals surface area contributed by atoms with Crippen LogP contribution in [0.15, 0.2) is 47.4 Å². The van der Waals surface area contributed by atoms with E-state index in [0.29, 0.717) is 5.56 Å². The summed E-state index contributed by atoms with van der Waals surface area (Å²) >= 11 is 0. The highest BCUT2D eigenvalue weighted by Gasteiger charge is 2.23. The Hall–Kier alpha value is -2.07. The first kappa shape index (κ1) is 24.0. The van der Waals surface area contributed by atoms with E-state index in [9.17, 15) is 22.0 Å². The van der Waals surface area contributed by atoms with Crippen LogP contribution in [0.1, 0.15) is 17.2 Å². The van der Waals surface area contributed by atoms with Crippen molar-refractivity contribution >= 4 is 28.2 Å². The van der Waals surface area contributed by atoms with Gasteiger partial charge in [0.25, 0.3) is 0 Å². The number of halogens is 3. The molecule has 2 unspecified atom stereocenters. The number of nitrogens with one attached hydrogen (secondary N) is 1. The Morgan fingerprint density at radius 3 is 2.36 bits per heavy atom. The average molecular weight is 435 g/mol. The van der Waals surface area contributed by atoms with E-state index in [0.717, 1.165) is 18.4 Å². The van der Waals surface area contributed by atoms with Gasteiger partial charge in [-0.3, -0.25) is 4.79 Å². The number of rotatable bonds is 7. The summed E-state index contributed by atoms with van der Waals surface area (Å²) in [6.07, 6.45) is 1.05. The van der Waals surface area contributed by atoms with Gasteiger partial charge in [-0.25, -0.2) is 17.2 Å². The number of hydrogen-bond acceptors (Lipinski definition) is 5. The zero-order valence-electron chi connectivity index (χ0n) is 15.2. The summed E-state index contributed by atoms with van der Waals surface area (Å²) in [6.45, 7) is -0.0420. The number of sulfone groups is 1. The Morgan fingerprint density at radius 2 is 1.79 bits per heavy atom. The largest absolute Gasteiger partial charge is 0.383 e. The molecular weight excluding hydrogens is 414 g/mol. The zero-order chi connectivity index (χ0) is 20.2. The smallest absolute Gasteiger partial charge is 0.240 e. The molecule has 0 aliphatic carbocycles. The predicted octanol–water partition coefficient (Wildman–Crippen LogP) is 1.97. The Kier molecular flexibility index (Phi) is 8.49. The molecular formula is C18H21ClF2N2O4S. The van der Waals surface area contributed by atoms with Crippen LogP contribution in [-0.4, -0.2) is 40.3 Å². The summed E-state index contributed by atoms with van der Waals surface area (Å²) in [5.74, 6) is -2.71. The lowest BCUT2D eigenvalue weighted by Gasteiger charge is -2.22. The number of amides is 1. The number of methoxy groups -OCH3 is 1. The SMILES string of the molecule is COCC(N)C(=O)NC(c1cccc(S(C)(=O)=O)c1)c1ccc(F)c(F)c1.Cl. The molecule has 0 saturated carbocycles. The second-order valence-electron chi connectivity index (χ2n) is 6.02. The first-order chi connectivity index (χ1) is 12.6. The van der Waals surface area contributed by atoms with Crippen molar-refractivity contribution < 1.29 is 26.7 Å². The topological polar surface area (TPSA) is 98.5 Å². The average Bonchev–Trinajstić information content (AvgIpc) is 2.61.